The van der Waals surface area contributed by atoms with Crippen LogP contribution in [0, 0.1) is 5.82 Å². The summed E-state index contributed by atoms with van der Waals surface area (Å²) in [5, 5.41) is 0. The number of benzene rings is 2. The lowest BCUT2D eigenvalue weighted by Crippen LogP contribution is -2.55. The molecule has 0 radical (unpaired) electrons. The van der Waals surface area contributed by atoms with Gasteiger partial charge in [0, 0.05) is 37.4 Å². The number of likely N-dealkylation sites (tertiary alicyclic amines) is 1. The second-order valence-electron chi connectivity index (χ2n) is 10.1. The fraction of sp³-hybridized carbons (Fsp3) is 0.571. The van der Waals surface area contributed by atoms with Crippen molar-refractivity contribution in [1.82, 2.24) is 9.80 Å². The first kappa shape index (κ1) is 22.7. The summed E-state index contributed by atoms with van der Waals surface area (Å²) in [6.07, 6.45) is 8.95. The molecule has 0 amide bonds. The molecule has 33 heavy (non-hydrogen) atoms. The van der Waals surface area contributed by atoms with Crippen LogP contribution in [-0.4, -0.2) is 68.3 Å². The number of nitrogens with zero attached hydrogens (tertiary/aromatic N) is 3. The number of hydrogen-bond acceptors (Lipinski definition) is 4. The predicted molar refractivity (Wildman–Crippen MR) is 133 cm³/mol. The Morgan fingerprint density at radius 3 is 2.48 bits per heavy atom. The third kappa shape index (κ3) is 5.04. The number of methoxy groups -OCH3 is 1. The molecule has 1 atom stereocenters. The Morgan fingerprint density at radius 2 is 1.70 bits per heavy atom. The highest BCUT2D eigenvalue weighted by Gasteiger charge is 2.41. The van der Waals surface area contributed by atoms with Crippen LogP contribution in [0.2, 0.25) is 0 Å². The quantitative estimate of drug-likeness (QED) is 0.630. The molecule has 1 unspecified atom stereocenters. The van der Waals surface area contributed by atoms with Crippen LogP contribution >= 0.6 is 0 Å². The van der Waals surface area contributed by atoms with E-state index in [1.165, 1.54) is 75.7 Å². The number of piperazine rings is 1. The number of ether oxygens (including phenoxy) is 1. The van der Waals surface area contributed by atoms with E-state index in [9.17, 15) is 4.39 Å². The van der Waals surface area contributed by atoms with Crippen molar-refractivity contribution < 1.29 is 9.13 Å². The zero-order valence-electron chi connectivity index (χ0n) is 20.1. The van der Waals surface area contributed by atoms with E-state index < -0.39 is 0 Å². The van der Waals surface area contributed by atoms with Gasteiger partial charge in [0.2, 0.25) is 0 Å². The zero-order valence-corrected chi connectivity index (χ0v) is 20.1. The van der Waals surface area contributed by atoms with Gasteiger partial charge in [-0.3, -0.25) is 9.80 Å². The molecule has 0 aromatic heterocycles. The van der Waals surface area contributed by atoms with Crippen molar-refractivity contribution in [2.75, 3.05) is 57.8 Å². The molecule has 2 aromatic carbocycles. The van der Waals surface area contributed by atoms with Gasteiger partial charge in [-0.25, -0.2) is 4.39 Å². The average Bonchev–Trinajstić information content (AvgIpc) is 2.86. The number of aryl methyl sites for hydroxylation is 1. The molecule has 2 heterocycles. The summed E-state index contributed by atoms with van der Waals surface area (Å²) in [5.41, 5.74) is 4.53. The Kier molecular flexibility index (Phi) is 6.89. The Labute approximate surface area is 198 Å². The molecule has 2 fully saturated rings. The predicted octanol–water partition coefficient (Wildman–Crippen LogP) is 4.76. The van der Waals surface area contributed by atoms with Crippen LogP contribution < -0.4 is 9.64 Å². The maximum atomic E-state index is 13.2. The Morgan fingerprint density at radius 1 is 0.879 bits per heavy atom. The molecule has 4 nitrogen and oxygen atoms in total. The number of rotatable bonds is 6. The van der Waals surface area contributed by atoms with Gasteiger partial charge < -0.3 is 9.64 Å². The van der Waals surface area contributed by atoms with Gasteiger partial charge in [-0.05, 0) is 106 Å². The summed E-state index contributed by atoms with van der Waals surface area (Å²) in [6.45, 7) is 7.89. The third-order valence-corrected chi connectivity index (χ3v) is 8.25. The van der Waals surface area contributed by atoms with Crippen molar-refractivity contribution in [3.63, 3.8) is 0 Å². The SMILES string of the molecule is COc1ccc2c(c1)CCC1(CCCCN1CCCN1CCN(c3ccc(F)cc3)CC1)C2. The number of piperidine rings is 1. The highest BCUT2D eigenvalue weighted by Crippen LogP contribution is 2.40. The summed E-state index contributed by atoms with van der Waals surface area (Å²) >= 11 is 0. The maximum Gasteiger partial charge on any atom is 0.123 e. The maximum absolute atomic E-state index is 13.2. The van der Waals surface area contributed by atoms with Gasteiger partial charge in [0.05, 0.1) is 7.11 Å². The normalized spacial score (nSPS) is 24.1. The summed E-state index contributed by atoms with van der Waals surface area (Å²) in [7, 11) is 1.76. The number of hydrogen-bond donors (Lipinski definition) is 0. The molecule has 0 saturated carbocycles. The van der Waals surface area contributed by atoms with Crippen LogP contribution in [0.15, 0.2) is 42.5 Å². The third-order valence-electron chi connectivity index (χ3n) is 8.25. The smallest absolute Gasteiger partial charge is 0.123 e. The van der Waals surface area contributed by atoms with Gasteiger partial charge >= 0.3 is 0 Å². The number of halogens is 1. The van der Waals surface area contributed by atoms with Crippen molar-refractivity contribution in [2.24, 2.45) is 0 Å². The van der Waals surface area contributed by atoms with Gasteiger partial charge in [0.15, 0.2) is 0 Å². The van der Waals surface area contributed by atoms with Crippen molar-refractivity contribution in [2.45, 2.75) is 50.5 Å². The standard InChI is InChI=1S/C28H38FN3O/c1-33-27-10-5-24-22-28(13-11-23(24)21-27)12-2-3-15-32(28)16-4-14-30-17-19-31(20-18-30)26-8-6-25(29)7-9-26/h5-10,21H,2-4,11-20,22H2,1H3. The molecule has 2 aliphatic heterocycles. The topological polar surface area (TPSA) is 19.0 Å². The number of fused-ring (bicyclic) bond motifs is 1. The fourth-order valence-corrected chi connectivity index (χ4v) is 6.30. The zero-order chi connectivity index (χ0) is 22.7. The summed E-state index contributed by atoms with van der Waals surface area (Å²) in [6, 6.07) is 13.6. The minimum Gasteiger partial charge on any atom is -0.497 e. The first-order valence-corrected chi connectivity index (χ1v) is 12.8. The van der Waals surface area contributed by atoms with Crippen LogP contribution in [-0.2, 0) is 12.8 Å². The van der Waals surface area contributed by atoms with Gasteiger partial charge in [-0.15, -0.1) is 0 Å². The molecular formula is C28H38FN3O. The summed E-state index contributed by atoms with van der Waals surface area (Å²) in [4.78, 5) is 7.83. The Hall–Kier alpha value is -2.11. The van der Waals surface area contributed by atoms with Gasteiger partial charge in [0.25, 0.3) is 0 Å². The molecule has 5 heteroatoms. The molecule has 0 bridgehead atoms. The van der Waals surface area contributed by atoms with Crippen molar-refractivity contribution in [3.05, 3.63) is 59.4 Å². The molecule has 1 aliphatic carbocycles. The van der Waals surface area contributed by atoms with E-state index >= 15 is 0 Å². The van der Waals surface area contributed by atoms with E-state index in [0.717, 1.165) is 37.6 Å². The second kappa shape index (κ2) is 10.0. The van der Waals surface area contributed by atoms with Crippen LogP contribution in [0.4, 0.5) is 10.1 Å². The van der Waals surface area contributed by atoms with E-state index in [1.807, 2.05) is 12.1 Å². The number of anilines is 1. The minimum absolute atomic E-state index is 0.158. The van der Waals surface area contributed by atoms with Crippen molar-refractivity contribution in [3.8, 4) is 5.75 Å². The van der Waals surface area contributed by atoms with Crippen molar-refractivity contribution in [1.29, 1.82) is 0 Å². The van der Waals surface area contributed by atoms with Crippen molar-refractivity contribution >= 4 is 5.69 Å². The molecule has 5 rings (SSSR count). The molecular weight excluding hydrogens is 413 g/mol. The highest BCUT2D eigenvalue weighted by atomic mass is 19.1. The van der Waals surface area contributed by atoms with Crippen LogP contribution in [0.25, 0.3) is 0 Å². The largest absolute Gasteiger partial charge is 0.497 e. The molecule has 1 spiro atoms. The van der Waals surface area contributed by atoms with E-state index in [4.69, 9.17) is 4.74 Å². The summed E-state index contributed by atoms with van der Waals surface area (Å²) in [5.74, 6) is 0.832. The summed E-state index contributed by atoms with van der Waals surface area (Å²) < 4.78 is 18.7. The fourth-order valence-electron chi connectivity index (χ4n) is 6.30. The minimum atomic E-state index is -0.158. The molecule has 3 aliphatic rings. The molecule has 0 N–H and O–H groups in total. The van der Waals surface area contributed by atoms with Crippen LogP contribution in [0.1, 0.15) is 43.2 Å². The van der Waals surface area contributed by atoms with Crippen LogP contribution in [0.3, 0.4) is 0 Å². The molecule has 2 saturated heterocycles. The average molecular weight is 452 g/mol. The first-order chi connectivity index (χ1) is 16.1. The van der Waals surface area contributed by atoms with E-state index in [1.54, 1.807) is 19.2 Å². The monoisotopic (exact) mass is 451 g/mol. The van der Waals surface area contributed by atoms with Crippen LogP contribution in [0.5, 0.6) is 5.75 Å². The lowest BCUT2D eigenvalue weighted by molar-refractivity contribution is 0.0304. The Bertz CT molecular complexity index is 925. The van der Waals surface area contributed by atoms with E-state index in [-0.39, 0.29) is 5.82 Å². The van der Waals surface area contributed by atoms with E-state index in [0.29, 0.717) is 5.54 Å². The van der Waals surface area contributed by atoms with Gasteiger partial charge in [-0.2, -0.15) is 0 Å². The highest BCUT2D eigenvalue weighted by molar-refractivity contribution is 5.46. The Balaban J connectivity index is 1.13. The first-order valence-electron chi connectivity index (χ1n) is 12.8. The van der Waals surface area contributed by atoms with E-state index in [2.05, 4.69) is 32.9 Å². The lowest BCUT2D eigenvalue weighted by Gasteiger charge is -2.50. The molecule has 2 aromatic rings. The molecule has 178 valence electrons. The second-order valence-corrected chi connectivity index (χ2v) is 10.1. The van der Waals surface area contributed by atoms with Gasteiger partial charge in [-0.1, -0.05) is 12.5 Å². The van der Waals surface area contributed by atoms with Gasteiger partial charge in [0.1, 0.15) is 11.6 Å². The lowest BCUT2D eigenvalue weighted by atomic mass is 9.72.